The average Bonchev–Trinajstić information content (AvgIpc) is 3.09. The molecule has 0 amide bonds. The topological polar surface area (TPSA) is 118 Å². The molecular formula is C23H43N2O6S+. The van der Waals surface area contributed by atoms with Gasteiger partial charge < -0.3 is 10.2 Å². The van der Waals surface area contributed by atoms with E-state index in [0.29, 0.717) is 18.9 Å². The lowest BCUT2D eigenvalue weighted by atomic mass is 10.1. The van der Waals surface area contributed by atoms with E-state index in [2.05, 4.69) is 6.92 Å². The Morgan fingerprint density at radius 2 is 1.69 bits per heavy atom. The number of ketones is 1. The van der Waals surface area contributed by atoms with E-state index in [9.17, 15) is 23.4 Å². The highest BCUT2D eigenvalue weighted by atomic mass is 32.2. The zero-order chi connectivity index (χ0) is 23.8. The molecule has 0 aromatic heterocycles. The van der Waals surface area contributed by atoms with Crippen LogP contribution < -0.4 is 0 Å². The van der Waals surface area contributed by atoms with Crippen LogP contribution in [0, 0.1) is 0 Å². The molecule has 0 fully saturated rings. The van der Waals surface area contributed by atoms with Gasteiger partial charge in [0.15, 0.2) is 0 Å². The summed E-state index contributed by atoms with van der Waals surface area (Å²) in [5, 5.41) is 19.2. The Labute approximate surface area is 193 Å². The highest BCUT2D eigenvalue weighted by Gasteiger charge is 2.35. The molecule has 0 bridgehead atoms. The Morgan fingerprint density at radius 1 is 1.09 bits per heavy atom. The van der Waals surface area contributed by atoms with Crippen LogP contribution in [0.15, 0.2) is 12.2 Å². The van der Waals surface area contributed by atoms with E-state index < -0.39 is 22.0 Å². The molecule has 0 radical (unpaired) electrons. The molecule has 1 unspecified atom stereocenters. The van der Waals surface area contributed by atoms with Crippen LogP contribution >= 0.6 is 0 Å². The van der Waals surface area contributed by atoms with Crippen molar-refractivity contribution >= 4 is 21.7 Å². The summed E-state index contributed by atoms with van der Waals surface area (Å²) in [5.41, 5.74) is 0. The second kappa shape index (κ2) is 16.3. The van der Waals surface area contributed by atoms with E-state index in [1.54, 1.807) is 9.48 Å². The number of rotatable bonds is 19. The molecule has 0 aliphatic carbocycles. The molecule has 3 N–H and O–H groups in total. The van der Waals surface area contributed by atoms with E-state index >= 15 is 0 Å². The molecule has 186 valence electrons. The van der Waals surface area contributed by atoms with Gasteiger partial charge >= 0.3 is 5.84 Å². The number of amidine groups is 1. The van der Waals surface area contributed by atoms with Crippen molar-refractivity contribution in [3.05, 3.63) is 12.2 Å². The smallest absolute Gasteiger partial charge is 0.320 e. The lowest BCUT2D eigenvalue weighted by Gasteiger charge is -2.11. The lowest BCUT2D eigenvalue weighted by Crippen LogP contribution is -2.39. The third kappa shape index (κ3) is 12.7. The molecular weight excluding hydrogens is 432 g/mol. The van der Waals surface area contributed by atoms with E-state index in [0.717, 1.165) is 19.3 Å². The summed E-state index contributed by atoms with van der Waals surface area (Å²) in [7, 11) is -4.30. The maximum atomic E-state index is 12.8. The Bertz CT molecular complexity index is 705. The maximum absolute atomic E-state index is 12.8. The number of carbonyl (C=O) groups excluding carboxylic acids is 1. The third-order valence-corrected chi connectivity index (χ3v) is 6.46. The summed E-state index contributed by atoms with van der Waals surface area (Å²) in [6.07, 6.45) is 15.5. The summed E-state index contributed by atoms with van der Waals surface area (Å²) in [4.78, 5) is 14.5. The monoisotopic (exact) mass is 475 g/mol. The van der Waals surface area contributed by atoms with Gasteiger partial charge in [0.25, 0.3) is 15.9 Å². The van der Waals surface area contributed by atoms with Crippen LogP contribution in [-0.4, -0.2) is 88.9 Å². The number of aliphatic hydroxyl groups excluding tert-OH is 2. The van der Waals surface area contributed by atoms with Gasteiger partial charge in [0.1, 0.15) is 38.0 Å². The summed E-state index contributed by atoms with van der Waals surface area (Å²) < 4.78 is 32.5. The second-order valence-corrected chi connectivity index (χ2v) is 10.1. The third-order valence-electron chi connectivity index (χ3n) is 5.66. The van der Waals surface area contributed by atoms with Crippen LogP contribution in [0.25, 0.3) is 0 Å². The molecule has 1 aliphatic rings. The number of β-amino-alcohol motifs (C(OH)–C–C–N with tert-alkyl or cyclic N) is 2. The van der Waals surface area contributed by atoms with Gasteiger partial charge in [-0.25, -0.2) is 0 Å². The average molecular weight is 476 g/mol. The zero-order valence-electron chi connectivity index (χ0n) is 19.6. The first-order valence-electron chi connectivity index (χ1n) is 12.1. The van der Waals surface area contributed by atoms with Crippen LogP contribution in [0.1, 0.15) is 77.6 Å². The molecule has 0 saturated carbocycles. The number of unbranched alkanes of at least 4 members (excludes halogenated alkanes) is 10. The highest BCUT2D eigenvalue weighted by Crippen LogP contribution is 2.12. The second-order valence-electron chi connectivity index (χ2n) is 8.62. The van der Waals surface area contributed by atoms with Crippen molar-refractivity contribution in [1.82, 2.24) is 4.90 Å². The van der Waals surface area contributed by atoms with Crippen LogP contribution in [0.2, 0.25) is 0 Å². The Balaban J connectivity index is 2.44. The first-order valence-corrected chi connectivity index (χ1v) is 13.7. The molecule has 1 aliphatic heterocycles. The lowest BCUT2D eigenvalue weighted by molar-refractivity contribution is -0.525. The normalized spacial score (nSPS) is 15.8. The summed E-state index contributed by atoms with van der Waals surface area (Å²) in [6.45, 7) is 3.28. The van der Waals surface area contributed by atoms with Gasteiger partial charge in [-0.15, -0.1) is 0 Å². The summed E-state index contributed by atoms with van der Waals surface area (Å²) in [6, 6.07) is 0. The van der Waals surface area contributed by atoms with Crippen LogP contribution in [0.5, 0.6) is 0 Å². The predicted octanol–water partition coefficient (Wildman–Crippen LogP) is 2.39. The fourth-order valence-electron chi connectivity index (χ4n) is 4.05. The first kappa shape index (κ1) is 28.7. The largest absolute Gasteiger partial charge is 0.392 e. The number of carbonyl (C=O) groups is 1. The fraction of sp³-hybridized carbons (Fsp3) is 0.826. The molecule has 1 heterocycles. The molecule has 0 aromatic rings. The molecule has 1 atom stereocenters. The summed E-state index contributed by atoms with van der Waals surface area (Å²) >= 11 is 0. The van der Waals surface area contributed by atoms with Crippen molar-refractivity contribution in [3.63, 3.8) is 0 Å². The van der Waals surface area contributed by atoms with Gasteiger partial charge in [-0.05, 0) is 18.9 Å². The van der Waals surface area contributed by atoms with Crippen LogP contribution in [0.3, 0.4) is 0 Å². The van der Waals surface area contributed by atoms with Crippen molar-refractivity contribution in [3.8, 4) is 0 Å². The molecule has 9 heteroatoms. The van der Waals surface area contributed by atoms with Gasteiger partial charge in [0.05, 0.1) is 6.61 Å². The maximum Gasteiger partial charge on any atom is 0.320 e. The van der Waals surface area contributed by atoms with Gasteiger partial charge in [0, 0.05) is 0 Å². The van der Waals surface area contributed by atoms with E-state index in [4.69, 9.17) is 4.55 Å². The summed E-state index contributed by atoms with van der Waals surface area (Å²) in [5.74, 6) is -0.644. The van der Waals surface area contributed by atoms with Crippen molar-refractivity contribution in [1.29, 1.82) is 0 Å². The number of aliphatic hydroxyl groups is 2. The minimum Gasteiger partial charge on any atom is -0.392 e. The minimum absolute atomic E-state index is 0.0743. The van der Waals surface area contributed by atoms with Gasteiger partial charge in [-0.2, -0.15) is 8.42 Å². The molecule has 8 nitrogen and oxygen atoms in total. The quantitative estimate of drug-likeness (QED) is 0.114. The number of allylic oxidation sites excluding steroid dienone is 1. The van der Waals surface area contributed by atoms with E-state index in [-0.39, 0.29) is 25.5 Å². The molecule has 0 aromatic carbocycles. The molecule has 32 heavy (non-hydrogen) atoms. The van der Waals surface area contributed by atoms with Crippen molar-refractivity contribution < 1.29 is 32.6 Å². The Hall–Kier alpha value is -1.29. The Morgan fingerprint density at radius 3 is 2.25 bits per heavy atom. The molecule has 0 spiro atoms. The van der Waals surface area contributed by atoms with Gasteiger partial charge in [-0.3, -0.25) is 18.8 Å². The highest BCUT2D eigenvalue weighted by molar-refractivity contribution is 7.85. The number of hydrogen-bond donors (Lipinski definition) is 3. The van der Waals surface area contributed by atoms with Crippen molar-refractivity contribution in [2.24, 2.45) is 0 Å². The minimum atomic E-state index is -4.30. The molecule has 1 rings (SSSR count). The number of nitrogens with zero attached hydrogens (tertiary/aromatic N) is 2. The first-order chi connectivity index (χ1) is 15.3. The number of hydrogen-bond acceptors (Lipinski definition) is 6. The Kier molecular flexibility index (Phi) is 14.7. The van der Waals surface area contributed by atoms with Gasteiger partial charge in [0.2, 0.25) is 0 Å². The SMILES string of the molecule is CCCCCCCCCCCC/C=C/C(=O)C1=[N+](CC(O)CS(=O)(=O)O)CCN1CCO. The molecule has 0 saturated heterocycles. The standard InChI is InChI=1S/C23H42N2O6S/c1-2-3-4-5-6-7-8-9-10-11-12-13-14-22(28)23-24(17-18-26)15-16-25(23)19-21(27)20-32(29,30)31/h13-14,21,26-27H,2-12,15-20H2,1H3/p+1/b14-13+. The van der Waals surface area contributed by atoms with Crippen molar-refractivity contribution in [2.75, 3.05) is 38.5 Å². The van der Waals surface area contributed by atoms with E-state index in [1.165, 1.54) is 57.4 Å². The zero-order valence-corrected chi connectivity index (χ0v) is 20.4. The predicted molar refractivity (Wildman–Crippen MR) is 127 cm³/mol. The fourth-order valence-corrected chi connectivity index (χ4v) is 4.64. The van der Waals surface area contributed by atoms with Crippen molar-refractivity contribution in [2.45, 2.75) is 83.7 Å². The van der Waals surface area contributed by atoms with Crippen LogP contribution in [0.4, 0.5) is 0 Å². The van der Waals surface area contributed by atoms with Gasteiger partial charge in [-0.1, -0.05) is 70.8 Å². The van der Waals surface area contributed by atoms with Crippen LogP contribution in [-0.2, 0) is 14.9 Å². The van der Waals surface area contributed by atoms with E-state index in [1.807, 2.05) is 6.08 Å².